The molecule has 7 aromatic rings. The molecule has 0 amide bonds. The second-order valence-corrected chi connectivity index (χ2v) is 14.0. The molecular formula is C44H30N4O3S. The standard InChI is InChI=1S/C44H30N4O3S/c49-52(50,51)39-27-38-42(30-17-9-3-10-18-30)36-24-23-34(46-36)40(28-13-5-1-6-14-28)32-21-22-33(45-32)41(29-15-7-2-8-16-29)35-25-26-37(47-35)43(44(39)48-38)31-19-11-4-12-20-31/h1-27,45,48H,(H,49,50,51). The number of nitrogens with one attached hydrogen (secondary N) is 2. The van der Waals surface area contributed by atoms with Crippen molar-refractivity contribution < 1.29 is 13.0 Å². The number of rotatable bonds is 5. The van der Waals surface area contributed by atoms with Gasteiger partial charge in [0.1, 0.15) is 4.90 Å². The lowest BCUT2D eigenvalue weighted by Gasteiger charge is -2.07. The van der Waals surface area contributed by atoms with Gasteiger partial charge in [0.05, 0.1) is 33.8 Å². The van der Waals surface area contributed by atoms with Gasteiger partial charge >= 0.3 is 0 Å². The van der Waals surface area contributed by atoms with Crippen LogP contribution in [0.2, 0.25) is 0 Å². The van der Waals surface area contributed by atoms with Crippen LogP contribution in [-0.4, -0.2) is 32.9 Å². The van der Waals surface area contributed by atoms with Crippen LogP contribution in [0.25, 0.3) is 90.9 Å². The number of benzene rings is 4. The Kier molecular flexibility index (Phi) is 7.61. The Hall–Kier alpha value is -6.61. The maximum atomic E-state index is 13.3. The fourth-order valence-corrected chi connectivity index (χ4v) is 7.77. The highest BCUT2D eigenvalue weighted by atomic mass is 32.2. The number of aromatic nitrogens is 4. The van der Waals surface area contributed by atoms with Crippen LogP contribution < -0.4 is 0 Å². The molecule has 8 heteroatoms. The molecule has 0 spiro atoms. The Morgan fingerprint density at radius 1 is 0.423 bits per heavy atom. The maximum absolute atomic E-state index is 13.3. The first-order valence-electron chi connectivity index (χ1n) is 16.8. The first kappa shape index (κ1) is 31.4. The van der Waals surface area contributed by atoms with Gasteiger partial charge in [-0.2, -0.15) is 8.42 Å². The summed E-state index contributed by atoms with van der Waals surface area (Å²) in [6, 6.07) is 45.0. The van der Waals surface area contributed by atoms with Crippen molar-refractivity contribution in [3.8, 4) is 44.5 Å². The number of H-pyrrole nitrogens is 2. The monoisotopic (exact) mass is 694 g/mol. The smallest absolute Gasteiger partial charge is 0.296 e. The van der Waals surface area contributed by atoms with E-state index in [2.05, 4.69) is 34.2 Å². The van der Waals surface area contributed by atoms with Crippen molar-refractivity contribution in [3.05, 3.63) is 162 Å². The van der Waals surface area contributed by atoms with E-state index in [4.69, 9.17) is 9.97 Å². The first-order valence-corrected chi connectivity index (χ1v) is 18.3. The zero-order valence-corrected chi connectivity index (χ0v) is 28.5. The topological polar surface area (TPSA) is 112 Å². The molecule has 250 valence electrons. The second-order valence-electron chi connectivity index (χ2n) is 12.6. The Morgan fingerprint density at radius 3 is 1.15 bits per heavy atom. The number of hydrogen-bond acceptors (Lipinski definition) is 4. The van der Waals surface area contributed by atoms with Gasteiger partial charge in [-0.05, 0) is 64.8 Å². The number of aromatic amines is 2. The molecule has 3 aromatic heterocycles. The lowest BCUT2D eigenvalue weighted by atomic mass is 10.0. The maximum Gasteiger partial charge on any atom is 0.296 e. The van der Waals surface area contributed by atoms with E-state index < -0.39 is 10.1 Å². The highest BCUT2D eigenvalue weighted by Gasteiger charge is 2.24. The summed E-state index contributed by atoms with van der Waals surface area (Å²) in [6.07, 6.45) is 7.78. The average molecular weight is 695 g/mol. The van der Waals surface area contributed by atoms with Crippen LogP contribution in [0, 0.1) is 0 Å². The second kappa shape index (κ2) is 12.6. The predicted octanol–water partition coefficient (Wildman–Crippen LogP) is 10.6. The highest BCUT2D eigenvalue weighted by Crippen LogP contribution is 2.40. The summed E-state index contributed by atoms with van der Waals surface area (Å²) in [4.78, 5) is 17.3. The third-order valence-corrected chi connectivity index (χ3v) is 10.2. The molecule has 7 nitrogen and oxygen atoms in total. The van der Waals surface area contributed by atoms with Gasteiger partial charge < -0.3 is 9.97 Å². The number of hydrogen-bond donors (Lipinski definition) is 3. The molecule has 3 N–H and O–H groups in total. The van der Waals surface area contributed by atoms with Crippen molar-refractivity contribution >= 4 is 56.5 Å². The minimum Gasteiger partial charge on any atom is -0.354 e. The van der Waals surface area contributed by atoms with Gasteiger partial charge in [-0.3, -0.25) is 4.55 Å². The lowest BCUT2D eigenvalue weighted by molar-refractivity contribution is 0.484. The summed E-state index contributed by atoms with van der Waals surface area (Å²) in [7, 11) is -4.72. The Morgan fingerprint density at radius 2 is 0.769 bits per heavy atom. The molecule has 0 fully saturated rings. The summed E-state index contributed by atoms with van der Waals surface area (Å²) in [5, 5.41) is 0. The van der Waals surface area contributed by atoms with Crippen molar-refractivity contribution in [2.24, 2.45) is 0 Å². The third-order valence-electron chi connectivity index (χ3n) is 9.36. The summed E-state index contributed by atoms with van der Waals surface area (Å²) in [5.74, 6) is 0. The summed E-state index contributed by atoms with van der Waals surface area (Å²) >= 11 is 0. The summed E-state index contributed by atoms with van der Waals surface area (Å²) in [6.45, 7) is 0. The molecule has 0 saturated heterocycles. The Balaban J connectivity index is 1.54. The van der Waals surface area contributed by atoms with Crippen LogP contribution >= 0.6 is 0 Å². The largest absolute Gasteiger partial charge is 0.354 e. The fourth-order valence-electron chi connectivity index (χ4n) is 7.09. The molecule has 4 aromatic carbocycles. The van der Waals surface area contributed by atoms with E-state index in [0.717, 1.165) is 50.1 Å². The van der Waals surface area contributed by atoms with Gasteiger partial charge in [0.25, 0.3) is 10.1 Å². The zero-order chi connectivity index (χ0) is 35.2. The average Bonchev–Trinajstić information content (AvgIpc) is 4.00. The van der Waals surface area contributed by atoms with Gasteiger partial charge in [-0.25, -0.2) is 9.97 Å². The third kappa shape index (κ3) is 5.56. The fraction of sp³-hybridized carbons (Fsp3) is 0. The van der Waals surface area contributed by atoms with Crippen LogP contribution in [0.5, 0.6) is 0 Å². The molecule has 9 rings (SSSR count). The van der Waals surface area contributed by atoms with Crippen LogP contribution in [0.15, 0.2) is 144 Å². The molecule has 52 heavy (non-hydrogen) atoms. The first-order chi connectivity index (χ1) is 25.4. The number of fused-ring (bicyclic) bond motifs is 8. The normalized spacial score (nSPS) is 12.3. The molecule has 2 aliphatic rings. The van der Waals surface area contributed by atoms with Gasteiger partial charge in [-0.15, -0.1) is 0 Å². The molecule has 8 bridgehead atoms. The van der Waals surface area contributed by atoms with Crippen molar-refractivity contribution in [1.29, 1.82) is 0 Å². The molecule has 0 radical (unpaired) electrons. The van der Waals surface area contributed by atoms with Gasteiger partial charge in [-0.1, -0.05) is 121 Å². The van der Waals surface area contributed by atoms with E-state index in [1.807, 2.05) is 133 Å². The minimum absolute atomic E-state index is 0.223. The molecular weight excluding hydrogens is 665 g/mol. The summed E-state index contributed by atoms with van der Waals surface area (Å²) in [5.41, 5.74) is 11.5. The summed E-state index contributed by atoms with van der Waals surface area (Å²) < 4.78 is 37.3. The van der Waals surface area contributed by atoms with Crippen LogP contribution in [0.4, 0.5) is 0 Å². The van der Waals surface area contributed by atoms with Gasteiger partial charge in [0, 0.05) is 33.3 Å². The molecule has 0 atom stereocenters. The Bertz CT molecular complexity index is 2840. The molecule has 0 saturated carbocycles. The molecule has 0 unspecified atom stereocenters. The van der Waals surface area contributed by atoms with E-state index in [-0.39, 0.29) is 10.4 Å². The van der Waals surface area contributed by atoms with E-state index in [9.17, 15) is 13.0 Å². The van der Waals surface area contributed by atoms with E-state index in [1.54, 1.807) is 0 Å². The SMILES string of the molecule is O=S(=O)(O)c1cc2[nH]c1c(-c1ccccc1)c1nc(c(-c3ccccc3)c3ccc([nH]3)c(-c3ccccc3)c3nc(c2-c2ccccc2)C=C3)C=C1. The van der Waals surface area contributed by atoms with Crippen molar-refractivity contribution in [1.82, 2.24) is 19.9 Å². The van der Waals surface area contributed by atoms with Crippen LogP contribution in [0.1, 0.15) is 22.8 Å². The minimum atomic E-state index is -4.72. The number of nitrogens with zero attached hydrogens (tertiary/aromatic N) is 2. The van der Waals surface area contributed by atoms with Crippen LogP contribution in [-0.2, 0) is 10.1 Å². The van der Waals surface area contributed by atoms with Gasteiger partial charge in [0.2, 0.25) is 0 Å². The highest BCUT2D eigenvalue weighted by molar-refractivity contribution is 7.86. The zero-order valence-electron chi connectivity index (χ0n) is 27.7. The molecule has 5 heterocycles. The van der Waals surface area contributed by atoms with E-state index in [1.165, 1.54) is 6.07 Å². The van der Waals surface area contributed by atoms with Crippen molar-refractivity contribution in [2.75, 3.05) is 0 Å². The lowest BCUT2D eigenvalue weighted by Crippen LogP contribution is -1.98. The van der Waals surface area contributed by atoms with Gasteiger partial charge in [0.15, 0.2) is 0 Å². The van der Waals surface area contributed by atoms with E-state index >= 15 is 0 Å². The van der Waals surface area contributed by atoms with Crippen LogP contribution in [0.3, 0.4) is 0 Å². The Labute approximate surface area is 300 Å². The quantitative estimate of drug-likeness (QED) is 0.155. The van der Waals surface area contributed by atoms with E-state index in [0.29, 0.717) is 33.7 Å². The van der Waals surface area contributed by atoms with Crippen molar-refractivity contribution in [3.63, 3.8) is 0 Å². The molecule has 0 aliphatic carbocycles. The van der Waals surface area contributed by atoms with Crippen molar-refractivity contribution in [2.45, 2.75) is 4.90 Å². The molecule has 2 aliphatic heterocycles. The predicted molar refractivity (Wildman–Crippen MR) is 210 cm³/mol.